The van der Waals surface area contributed by atoms with Gasteiger partial charge >= 0.3 is 0 Å². The Morgan fingerprint density at radius 1 is 1.03 bits per heavy atom. The number of rotatable bonds is 6. The van der Waals surface area contributed by atoms with Crippen LogP contribution in [-0.2, 0) is 11.4 Å². The molecule has 1 amide bonds. The molecule has 4 nitrogen and oxygen atoms in total. The highest BCUT2D eigenvalue weighted by molar-refractivity contribution is 6.10. The van der Waals surface area contributed by atoms with Crippen LogP contribution in [0, 0.1) is 25.2 Å². The number of carbonyl (C=O) groups is 1. The Balaban J connectivity index is 1.74. The molecule has 0 saturated carbocycles. The predicted octanol–water partition coefficient (Wildman–Crippen LogP) is 5.43. The number of amides is 1. The molecule has 3 aromatic carbocycles. The first-order chi connectivity index (χ1) is 14.1. The Hall–Kier alpha value is -3.84. The zero-order valence-corrected chi connectivity index (χ0v) is 16.5. The lowest BCUT2D eigenvalue weighted by atomic mass is 10.1. The number of hydrogen-bond acceptors (Lipinski definition) is 3. The average molecular weight is 382 g/mol. The van der Waals surface area contributed by atoms with Gasteiger partial charge < -0.3 is 10.1 Å². The van der Waals surface area contributed by atoms with E-state index in [1.54, 1.807) is 6.08 Å². The predicted molar refractivity (Wildman–Crippen MR) is 115 cm³/mol. The standard InChI is InChI=1S/C25H22N2O2/c1-18-8-6-13-24(19(18)2)27-25(28)22(16-26)14-21-11-7-12-23(15-21)29-17-20-9-4-3-5-10-20/h3-15H,17H2,1-2H3,(H,27,28)/b22-14+. The molecule has 0 bridgehead atoms. The van der Waals surface area contributed by atoms with Crippen molar-refractivity contribution in [2.45, 2.75) is 20.5 Å². The number of aryl methyl sites for hydroxylation is 1. The Morgan fingerprint density at radius 2 is 1.79 bits per heavy atom. The second-order valence-corrected chi connectivity index (χ2v) is 6.72. The molecule has 144 valence electrons. The summed E-state index contributed by atoms with van der Waals surface area (Å²) in [5.41, 5.74) is 4.59. The van der Waals surface area contributed by atoms with Crippen LogP contribution < -0.4 is 10.1 Å². The molecular formula is C25H22N2O2. The molecule has 0 aromatic heterocycles. The molecule has 0 unspecified atom stereocenters. The third-order valence-corrected chi connectivity index (χ3v) is 4.64. The molecule has 0 saturated heterocycles. The summed E-state index contributed by atoms with van der Waals surface area (Å²) in [5.74, 6) is 0.242. The molecule has 0 aliphatic heterocycles. The molecule has 29 heavy (non-hydrogen) atoms. The van der Waals surface area contributed by atoms with Gasteiger partial charge in [0.25, 0.3) is 5.91 Å². The molecule has 0 aliphatic rings. The minimum Gasteiger partial charge on any atom is -0.489 e. The Labute approximate surface area is 171 Å². The summed E-state index contributed by atoms with van der Waals surface area (Å²) in [7, 11) is 0. The van der Waals surface area contributed by atoms with E-state index in [4.69, 9.17) is 4.74 Å². The monoisotopic (exact) mass is 382 g/mol. The Bertz CT molecular complexity index is 1080. The maximum Gasteiger partial charge on any atom is 0.266 e. The lowest BCUT2D eigenvalue weighted by Crippen LogP contribution is -2.14. The van der Waals surface area contributed by atoms with Crippen LogP contribution in [0.1, 0.15) is 22.3 Å². The van der Waals surface area contributed by atoms with Gasteiger partial charge in [-0.2, -0.15) is 5.26 Å². The van der Waals surface area contributed by atoms with Gasteiger partial charge in [-0.25, -0.2) is 0 Å². The number of ether oxygens (including phenoxy) is 1. The van der Waals surface area contributed by atoms with Crippen molar-refractivity contribution in [2.75, 3.05) is 5.32 Å². The molecule has 1 N–H and O–H groups in total. The molecule has 0 spiro atoms. The first-order valence-electron chi connectivity index (χ1n) is 9.33. The van der Waals surface area contributed by atoms with Crippen LogP contribution in [-0.4, -0.2) is 5.91 Å². The molecule has 3 rings (SSSR count). The fourth-order valence-electron chi connectivity index (χ4n) is 2.83. The van der Waals surface area contributed by atoms with E-state index in [1.807, 2.05) is 92.7 Å². The summed E-state index contributed by atoms with van der Waals surface area (Å²) in [6, 6.07) is 24.9. The van der Waals surface area contributed by atoms with Crippen molar-refractivity contribution in [3.63, 3.8) is 0 Å². The average Bonchev–Trinajstić information content (AvgIpc) is 2.75. The lowest BCUT2D eigenvalue weighted by Gasteiger charge is -2.10. The van der Waals surface area contributed by atoms with E-state index in [0.717, 1.165) is 22.3 Å². The molecular weight excluding hydrogens is 360 g/mol. The van der Waals surface area contributed by atoms with E-state index in [9.17, 15) is 10.1 Å². The summed E-state index contributed by atoms with van der Waals surface area (Å²) < 4.78 is 5.82. The number of nitrogens with zero attached hydrogens (tertiary/aromatic N) is 1. The summed E-state index contributed by atoms with van der Waals surface area (Å²) in [5, 5.41) is 12.3. The number of carbonyl (C=O) groups excluding carboxylic acids is 1. The van der Waals surface area contributed by atoms with Crippen molar-refractivity contribution in [1.82, 2.24) is 0 Å². The molecule has 0 fully saturated rings. The number of benzene rings is 3. The van der Waals surface area contributed by atoms with Gasteiger partial charge in [0.2, 0.25) is 0 Å². The SMILES string of the molecule is Cc1cccc(NC(=O)/C(C#N)=C/c2cccc(OCc3ccccc3)c2)c1C. The van der Waals surface area contributed by atoms with E-state index < -0.39 is 5.91 Å². The first kappa shape index (κ1) is 19.9. The van der Waals surface area contributed by atoms with Gasteiger partial charge in [-0.1, -0.05) is 54.6 Å². The van der Waals surface area contributed by atoms with Crippen molar-refractivity contribution in [2.24, 2.45) is 0 Å². The van der Waals surface area contributed by atoms with Gasteiger partial charge in [-0.05, 0) is 60.4 Å². The Morgan fingerprint density at radius 3 is 2.55 bits per heavy atom. The zero-order chi connectivity index (χ0) is 20.6. The van der Waals surface area contributed by atoms with Crippen LogP contribution in [0.15, 0.2) is 78.4 Å². The largest absolute Gasteiger partial charge is 0.489 e. The second kappa shape index (κ2) is 9.38. The molecule has 0 radical (unpaired) electrons. The maximum absolute atomic E-state index is 12.6. The van der Waals surface area contributed by atoms with E-state index in [2.05, 4.69) is 5.32 Å². The quantitative estimate of drug-likeness (QED) is 0.457. The van der Waals surface area contributed by atoms with Gasteiger partial charge in [0.05, 0.1) is 0 Å². The van der Waals surface area contributed by atoms with Crippen LogP contribution in [0.2, 0.25) is 0 Å². The highest BCUT2D eigenvalue weighted by atomic mass is 16.5. The summed E-state index contributed by atoms with van der Waals surface area (Å²) >= 11 is 0. The van der Waals surface area contributed by atoms with Crippen LogP contribution in [0.3, 0.4) is 0 Å². The van der Waals surface area contributed by atoms with Gasteiger partial charge in [0.1, 0.15) is 24.0 Å². The molecule has 4 heteroatoms. The van der Waals surface area contributed by atoms with Gasteiger partial charge in [-0.15, -0.1) is 0 Å². The minimum absolute atomic E-state index is 0.0334. The normalized spacial score (nSPS) is 10.9. The lowest BCUT2D eigenvalue weighted by molar-refractivity contribution is -0.112. The van der Waals surface area contributed by atoms with Crippen molar-refractivity contribution >= 4 is 17.7 Å². The third kappa shape index (κ3) is 5.33. The number of anilines is 1. The summed E-state index contributed by atoms with van der Waals surface area (Å²) in [6.07, 6.45) is 1.57. The van der Waals surface area contributed by atoms with E-state index >= 15 is 0 Å². The van der Waals surface area contributed by atoms with Gasteiger partial charge in [-0.3, -0.25) is 4.79 Å². The van der Waals surface area contributed by atoms with Crippen LogP contribution in [0.4, 0.5) is 5.69 Å². The first-order valence-corrected chi connectivity index (χ1v) is 9.33. The third-order valence-electron chi connectivity index (χ3n) is 4.64. The minimum atomic E-state index is -0.434. The second-order valence-electron chi connectivity index (χ2n) is 6.72. The fourth-order valence-corrected chi connectivity index (χ4v) is 2.83. The van der Waals surface area contributed by atoms with Gasteiger partial charge in [0, 0.05) is 5.69 Å². The van der Waals surface area contributed by atoms with Crippen LogP contribution in [0.5, 0.6) is 5.75 Å². The van der Waals surface area contributed by atoms with Crippen molar-refractivity contribution in [3.05, 3.63) is 101 Å². The van der Waals surface area contributed by atoms with E-state index in [0.29, 0.717) is 18.0 Å². The zero-order valence-electron chi connectivity index (χ0n) is 16.5. The van der Waals surface area contributed by atoms with Crippen molar-refractivity contribution in [1.29, 1.82) is 5.26 Å². The van der Waals surface area contributed by atoms with Crippen molar-refractivity contribution in [3.8, 4) is 11.8 Å². The highest BCUT2D eigenvalue weighted by Crippen LogP contribution is 2.20. The molecule has 0 aliphatic carbocycles. The molecule has 3 aromatic rings. The Kier molecular flexibility index (Phi) is 6.44. The van der Waals surface area contributed by atoms with Crippen LogP contribution >= 0.6 is 0 Å². The number of nitriles is 1. The molecule has 0 atom stereocenters. The number of hydrogen-bond donors (Lipinski definition) is 1. The highest BCUT2D eigenvalue weighted by Gasteiger charge is 2.11. The van der Waals surface area contributed by atoms with E-state index in [1.165, 1.54) is 0 Å². The van der Waals surface area contributed by atoms with Crippen LogP contribution in [0.25, 0.3) is 6.08 Å². The molecule has 0 heterocycles. The number of nitrogens with one attached hydrogen (secondary N) is 1. The summed E-state index contributed by atoms with van der Waals surface area (Å²) in [6.45, 7) is 4.37. The topological polar surface area (TPSA) is 62.1 Å². The maximum atomic E-state index is 12.6. The summed E-state index contributed by atoms with van der Waals surface area (Å²) in [4.78, 5) is 12.6. The smallest absolute Gasteiger partial charge is 0.266 e. The fraction of sp³-hybridized carbons (Fsp3) is 0.120. The van der Waals surface area contributed by atoms with E-state index in [-0.39, 0.29) is 5.57 Å². The van der Waals surface area contributed by atoms with Crippen molar-refractivity contribution < 1.29 is 9.53 Å². The van der Waals surface area contributed by atoms with Gasteiger partial charge in [0.15, 0.2) is 0 Å².